The number of hydrogen-bond donors (Lipinski definition) is 1. The summed E-state index contributed by atoms with van der Waals surface area (Å²) in [6.45, 7) is 8.53. The quantitative estimate of drug-likeness (QED) is 0.797. The third-order valence-corrected chi connectivity index (χ3v) is 3.20. The van der Waals surface area contributed by atoms with Gasteiger partial charge in [-0.3, -0.25) is 0 Å². The van der Waals surface area contributed by atoms with Gasteiger partial charge in [0.05, 0.1) is 24.7 Å². The van der Waals surface area contributed by atoms with Crippen LogP contribution in [0, 0.1) is 30.6 Å². The lowest BCUT2D eigenvalue weighted by Crippen LogP contribution is -2.10. The number of nitrogens with zero attached hydrogens (tertiary/aromatic N) is 1. The Bertz CT molecular complexity index is 449. The number of ether oxygens (including phenoxy) is 1. The molecular weight excluding hydrogens is 238 g/mol. The van der Waals surface area contributed by atoms with Crippen LogP contribution in [0.15, 0.2) is 12.1 Å². The number of aliphatic hydroxyl groups excluding tert-OH is 1. The Morgan fingerprint density at radius 2 is 1.84 bits per heavy atom. The Morgan fingerprint density at radius 1 is 1.26 bits per heavy atom. The van der Waals surface area contributed by atoms with Crippen molar-refractivity contribution in [3.05, 3.63) is 28.8 Å². The summed E-state index contributed by atoms with van der Waals surface area (Å²) in [7, 11) is 0. The van der Waals surface area contributed by atoms with E-state index >= 15 is 0 Å². The molecular formula is C16H23NO2. The summed E-state index contributed by atoms with van der Waals surface area (Å²) in [5.41, 5.74) is 2.72. The van der Waals surface area contributed by atoms with E-state index in [1.807, 2.05) is 39.8 Å². The molecule has 0 aliphatic heterocycles. The predicted molar refractivity (Wildman–Crippen MR) is 76.0 cm³/mol. The number of nitriles is 1. The van der Waals surface area contributed by atoms with Gasteiger partial charge in [0, 0.05) is 0 Å². The fourth-order valence-electron chi connectivity index (χ4n) is 2.10. The second kappa shape index (κ2) is 6.58. The van der Waals surface area contributed by atoms with Crippen LogP contribution in [0.1, 0.15) is 43.4 Å². The van der Waals surface area contributed by atoms with Gasteiger partial charge < -0.3 is 9.84 Å². The van der Waals surface area contributed by atoms with E-state index in [2.05, 4.69) is 6.07 Å². The van der Waals surface area contributed by atoms with Gasteiger partial charge in [0.2, 0.25) is 0 Å². The second-order valence-corrected chi connectivity index (χ2v) is 5.66. The lowest BCUT2D eigenvalue weighted by atomic mass is 9.90. The van der Waals surface area contributed by atoms with Gasteiger partial charge in [0.25, 0.3) is 0 Å². The van der Waals surface area contributed by atoms with E-state index in [1.165, 1.54) is 0 Å². The molecule has 0 spiro atoms. The van der Waals surface area contributed by atoms with Crippen molar-refractivity contribution >= 4 is 0 Å². The van der Waals surface area contributed by atoms with Gasteiger partial charge in [-0.2, -0.15) is 5.26 Å². The SMILES string of the molecule is Cc1cc(CO)cc(C)c1OCCCC(C)(C)C#N. The number of aliphatic hydroxyl groups is 1. The van der Waals surface area contributed by atoms with Gasteiger partial charge in [-0.05, 0) is 57.2 Å². The van der Waals surface area contributed by atoms with Crippen LogP contribution in [0.25, 0.3) is 0 Å². The summed E-state index contributed by atoms with van der Waals surface area (Å²) >= 11 is 0. The second-order valence-electron chi connectivity index (χ2n) is 5.66. The van der Waals surface area contributed by atoms with Crippen LogP contribution in [0.4, 0.5) is 0 Å². The smallest absolute Gasteiger partial charge is 0.125 e. The Hall–Kier alpha value is -1.53. The van der Waals surface area contributed by atoms with Crippen LogP contribution >= 0.6 is 0 Å². The molecule has 0 saturated heterocycles. The first-order chi connectivity index (χ1) is 8.89. The first-order valence-electron chi connectivity index (χ1n) is 6.64. The molecule has 1 N–H and O–H groups in total. The van der Waals surface area contributed by atoms with E-state index in [1.54, 1.807) is 0 Å². The summed E-state index contributed by atoms with van der Waals surface area (Å²) in [6.07, 6.45) is 1.69. The molecule has 0 heterocycles. The number of benzene rings is 1. The molecule has 0 aliphatic carbocycles. The van der Waals surface area contributed by atoms with E-state index in [0.717, 1.165) is 35.3 Å². The summed E-state index contributed by atoms with van der Waals surface area (Å²) in [5.74, 6) is 0.895. The zero-order chi connectivity index (χ0) is 14.5. The highest BCUT2D eigenvalue weighted by molar-refractivity contribution is 5.43. The zero-order valence-corrected chi connectivity index (χ0v) is 12.3. The van der Waals surface area contributed by atoms with Crippen LogP contribution in [-0.4, -0.2) is 11.7 Å². The molecule has 3 nitrogen and oxygen atoms in total. The highest BCUT2D eigenvalue weighted by atomic mass is 16.5. The van der Waals surface area contributed by atoms with E-state index in [9.17, 15) is 0 Å². The van der Waals surface area contributed by atoms with Gasteiger partial charge in [-0.15, -0.1) is 0 Å². The van der Waals surface area contributed by atoms with Crippen LogP contribution in [-0.2, 0) is 6.61 Å². The maximum absolute atomic E-state index is 9.14. The Morgan fingerprint density at radius 3 is 2.32 bits per heavy atom. The molecule has 0 aromatic heterocycles. The van der Waals surface area contributed by atoms with Crippen LogP contribution in [0.2, 0.25) is 0 Å². The summed E-state index contributed by atoms with van der Waals surface area (Å²) in [5, 5.41) is 18.1. The monoisotopic (exact) mass is 261 g/mol. The van der Waals surface area contributed by atoms with Crippen molar-refractivity contribution in [3.8, 4) is 11.8 Å². The Kier molecular flexibility index (Phi) is 5.38. The summed E-state index contributed by atoms with van der Waals surface area (Å²) < 4.78 is 5.82. The molecule has 0 radical (unpaired) electrons. The minimum atomic E-state index is -0.284. The molecule has 1 aromatic carbocycles. The van der Waals surface area contributed by atoms with E-state index in [0.29, 0.717) is 6.61 Å². The van der Waals surface area contributed by atoms with Crippen molar-refractivity contribution in [2.24, 2.45) is 5.41 Å². The maximum Gasteiger partial charge on any atom is 0.125 e. The molecule has 0 fully saturated rings. The minimum Gasteiger partial charge on any atom is -0.493 e. The van der Waals surface area contributed by atoms with Crippen molar-refractivity contribution in [1.82, 2.24) is 0 Å². The largest absolute Gasteiger partial charge is 0.493 e. The van der Waals surface area contributed by atoms with Crippen molar-refractivity contribution in [2.75, 3.05) is 6.61 Å². The molecule has 0 unspecified atom stereocenters. The Balaban J connectivity index is 2.57. The van der Waals surface area contributed by atoms with Gasteiger partial charge in [-0.1, -0.05) is 12.1 Å². The van der Waals surface area contributed by atoms with Gasteiger partial charge in [0.15, 0.2) is 0 Å². The summed E-state index contributed by atoms with van der Waals surface area (Å²) in [4.78, 5) is 0. The van der Waals surface area contributed by atoms with Gasteiger partial charge in [-0.25, -0.2) is 0 Å². The lowest BCUT2D eigenvalue weighted by Gasteiger charge is -2.17. The van der Waals surface area contributed by atoms with Crippen molar-refractivity contribution < 1.29 is 9.84 Å². The minimum absolute atomic E-state index is 0.0539. The number of hydrogen-bond acceptors (Lipinski definition) is 3. The third kappa shape index (κ3) is 4.57. The first kappa shape index (κ1) is 15.5. The molecule has 0 saturated carbocycles. The molecule has 1 rings (SSSR count). The highest BCUT2D eigenvalue weighted by Gasteiger charge is 2.16. The fourth-order valence-corrected chi connectivity index (χ4v) is 2.10. The van der Waals surface area contributed by atoms with Crippen LogP contribution in [0.5, 0.6) is 5.75 Å². The highest BCUT2D eigenvalue weighted by Crippen LogP contribution is 2.26. The predicted octanol–water partition coefficient (Wildman–Crippen LogP) is 3.50. The fraction of sp³-hybridized carbons (Fsp3) is 0.562. The number of aryl methyl sites for hydroxylation is 2. The molecule has 3 heteroatoms. The standard InChI is InChI=1S/C16H23NO2/c1-12-8-14(10-18)9-13(2)15(12)19-7-5-6-16(3,4)11-17/h8-9,18H,5-7,10H2,1-4H3. The third-order valence-electron chi connectivity index (χ3n) is 3.20. The van der Waals surface area contributed by atoms with Crippen LogP contribution < -0.4 is 4.74 Å². The van der Waals surface area contributed by atoms with Gasteiger partial charge in [0.1, 0.15) is 5.75 Å². The van der Waals surface area contributed by atoms with Gasteiger partial charge >= 0.3 is 0 Å². The molecule has 0 atom stereocenters. The molecule has 0 bridgehead atoms. The average molecular weight is 261 g/mol. The molecule has 0 amide bonds. The lowest BCUT2D eigenvalue weighted by molar-refractivity contribution is 0.276. The van der Waals surface area contributed by atoms with Crippen molar-refractivity contribution in [2.45, 2.75) is 47.1 Å². The number of rotatable bonds is 6. The van der Waals surface area contributed by atoms with E-state index in [-0.39, 0.29) is 12.0 Å². The van der Waals surface area contributed by atoms with Crippen molar-refractivity contribution in [1.29, 1.82) is 5.26 Å². The van der Waals surface area contributed by atoms with E-state index in [4.69, 9.17) is 15.1 Å². The van der Waals surface area contributed by atoms with E-state index < -0.39 is 0 Å². The maximum atomic E-state index is 9.14. The summed E-state index contributed by atoms with van der Waals surface area (Å²) in [6, 6.07) is 6.19. The van der Waals surface area contributed by atoms with Crippen molar-refractivity contribution in [3.63, 3.8) is 0 Å². The van der Waals surface area contributed by atoms with Crippen LogP contribution in [0.3, 0.4) is 0 Å². The molecule has 1 aromatic rings. The molecule has 19 heavy (non-hydrogen) atoms. The Labute approximate surface area is 115 Å². The average Bonchev–Trinajstić information content (AvgIpc) is 2.36. The molecule has 104 valence electrons. The normalized spacial score (nSPS) is 11.2. The zero-order valence-electron chi connectivity index (χ0n) is 12.3. The first-order valence-corrected chi connectivity index (χ1v) is 6.64. The topological polar surface area (TPSA) is 53.2 Å². The molecule has 0 aliphatic rings.